The number of hydrogen-bond donors (Lipinski definition) is 1. The van der Waals surface area contributed by atoms with Gasteiger partial charge in [-0.05, 0) is 37.9 Å². The quantitative estimate of drug-likeness (QED) is 0.742. The van der Waals surface area contributed by atoms with Crippen LogP contribution < -0.4 is 10.2 Å². The molecular weight excluding hydrogens is 356 g/mol. The molecule has 0 aliphatic carbocycles. The van der Waals surface area contributed by atoms with E-state index < -0.39 is 0 Å². The van der Waals surface area contributed by atoms with Gasteiger partial charge >= 0.3 is 0 Å². The van der Waals surface area contributed by atoms with E-state index >= 15 is 0 Å². The molecule has 0 saturated carbocycles. The van der Waals surface area contributed by atoms with Crippen molar-refractivity contribution < 1.29 is 9.53 Å². The third-order valence-corrected chi connectivity index (χ3v) is 4.77. The van der Waals surface area contributed by atoms with Crippen LogP contribution in [-0.4, -0.2) is 72.5 Å². The highest BCUT2D eigenvalue weighted by molar-refractivity contribution is 5.96. The second kappa shape index (κ2) is 7.95. The Morgan fingerprint density at radius 2 is 2.11 bits per heavy atom. The molecule has 4 rings (SSSR count). The maximum Gasteiger partial charge on any atom is 0.253 e. The van der Waals surface area contributed by atoms with Gasteiger partial charge in [0.1, 0.15) is 12.5 Å². The molecule has 1 aliphatic heterocycles. The summed E-state index contributed by atoms with van der Waals surface area (Å²) in [5.41, 5.74) is 3.16. The van der Waals surface area contributed by atoms with Crippen molar-refractivity contribution in [3.8, 4) is 11.1 Å². The number of benzene rings is 1. The van der Waals surface area contributed by atoms with Gasteiger partial charge in [-0.3, -0.25) is 4.79 Å². The molecule has 0 spiro atoms. The number of carbonyl (C=O) groups is 1. The lowest BCUT2D eigenvalue weighted by Crippen LogP contribution is -2.36. The highest BCUT2D eigenvalue weighted by atomic mass is 16.5. The minimum absolute atomic E-state index is 0.159. The summed E-state index contributed by atoms with van der Waals surface area (Å²) in [5.74, 6) is 0.727. The number of nitrogens with one attached hydrogen (secondary N) is 1. The van der Waals surface area contributed by atoms with Gasteiger partial charge in [0.15, 0.2) is 5.65 Å². The molecule has 4 bridgehead atoms. The Bertz CT molecular complexity index is 984. The number of likely N-dealkylation sites (N-methyl/N-ethyl adjacent to an activating group) is 1. The minimum atomic E-state index is -0.159. The van der Waals surface area contributed by atoms with Gasteiger partial charge in [0.05, 0.1) is 12.8 Å². The molecule has 1 amide bonds. The first-order valence-corrected chi connectivity index (χ1v) is 9.32. The summed E-state index contributed by atoms with van der Waals surface area (Å²) in [7, 11) is 4.10. The van der Waals surface area contributed by atoms with E-state index in [1.165, 1.54) is 0 Å². The molecule has 146 valence electrons. The molecule has 8 nitrogen and oxygen atoms in total. The summed E-state index contributed by atoms with van der Waals surface area (Å²) in [5, 5.41) is 7.24. The van der Waals surface area contributed by atoms with Gasteiger partial charge in [0, 0.05) is 37.0 Å². The van der Waals surface area contributed by atoms with E-state index in [4.69, 9.17) is 9.72 Å². The number of amides is 1. The summed E-state index contributed by atoms with van der Waals surface area (Å²) < 4.78 is 7.40. The first kappa shape index (κ1) is 18.4. The topological polar surface area (TPSA) is 75.0 Å². The highest BCUT2D eigenvalue weighted by Gasteiger charge is 2.15. The Labute approximate surface area is 163 Å². The van der Waals surface area contributed by atoms with Crippen molar-refractivity contribution in [2.75, 3.05) is 52.0 Å². The summed E-state index contributed by atoms with van der Waals surface area (Å²) in [6.07, 6.45) is 3.72. The van der Waals surface area contributed by atoms with Crippen molar-refractivity contribution in [1.29, 1.82) is 0 Å². The summed E-state index contributed by atoms with van der Waals surface area (Å²) >= 11 is 0. The van der Waals surface area contributed by atoms with Gasteiger partial charge in [0.2, 0.25) is 0 Å². The number of anilines is 1. The van der Waals surface area contributed by atoms with E-state index in [1.807, 2.05) is 30.5 Å². The molecule has 0 unspecified atom stereocenters. The predicted molar refractivity (Wildman–Crippen MR) is 107 cm³/mol. The molecule has 0 radical (unpaired) electrons. The van der Waals surface area contributed by atoms with Crippen molar-refractivity contribution in [2.45, 2.75) is 0 Å². The number of aromatic nitrogens is 3. The maximum absolute atomic E-state index is 12.4. The van der Waals surface area contributed by atoms with Crippen molar-refractivity contribution >= 4 is 17.4 Å². The molecular formula is C20H24N6O2. The van der Waals surface area contributed by atoms with Gasteiger partial charge < -0.3 is 19.9 Å². The fourth-order valence-electron chi connectivity index (χ4n) is 3.19. The molecule has 28 heavy (non-hydrogen) atoms. The van der Waals surface area contributed by atoms with Crippen LogP contribution in [0.2, 0.25) is 0 Å². The van der Waals surface area contributed by atoms with Gasteiger partial charge in [-0.15, -0.1) is 0 Å². The van der Waals surface area contributed by atoms with Crippen LogP contribution in [0.1, 0.15) is 10.4 Å². The zero-order valence-corrected chi connectivity index (χ0v) is 16.1. The van der Waals surface area contributed by atoms with Crippen LogP contribution in [0.15, 0.2) is 42.7 Å². The van der Waals surface area contributed by atoms with Gasteiger partial charge in [-0.2, -0.15) is 5.10 Å². The van der Waals surface area contributed by atoms with Gasteiger partial charge in [-0.25, -0.2) is 9.50 Å². The minimum Gasteiger partial charge on any atom is -0.359 e. The smallest absolute Gasteiger partial charge is 0.253 e. The van der Waals surface area contributed by atoms with E-state index in [0.717, 1.165) is 35.7 Å². The Morgan fingerprint density at radius 1 is 1.25 bits per heavy atom. The Morgan fingerprint density at radius 3 is 2.96 bits per heavy atom. The van der Waals surface area contributed by atoms with E-state index in [9.17, 15) is 4.79 Å². The molecule has 1 aromatic carbocycles. The lowest BCUT2D eigenvalue weighted by molar-refractivity contribution is 0.0804. The van der Waals surface area contributed by atoms with Crippen molar-refractivity contribution in [3.05, 3.63) is 48.3 Å². The normalized spacial score (nSPS) is 15.1. The fourth-order valence-corrected chi connectivity index (χ4v) is 3.19. The number of ether oxygens (including phenoxy) is 1. The molecule has 2 aromatic heterocycles. The van der Waals surface area contributed by atoms with E-state index in [-0.39, 0.29) is 12.6 Å². The fraction of sp³-hybridized carbons (Fsp3) is 0.350. The average Bonchev–Trinajstić information content (AvgIpc) is 3.12. The molecule has 3 aromatic rings. The van der Waals surface area contributed by atoms with Crippen LogP contribution in [0.4, 0.5) is 5.82 Å². The third kappa shape index (κ3) is 3.83. The summed E-state index contributed by atoms with van der Waals surface area (Å²) in [6.45, 7) is 3.08. The standard InChI is InChI=1S/C20H24N6O2/c1-24(2)8-9-25-10-11-28-14-21-20(27)16-5-3-4-15(12-16)17-13-22-26-7-6-18(25)23-19(17)26/h3-7,12-13H,8-11,14H2,1-2H3,(H,21,27). The maximum atomic E-state index is 12.4. The van der Waals surface area contributed by atoms with E-state index in [2.05, 4.69) is 34.3 Å². The van der Waals surface area contributed by atoms with Crippen molar-refractivity contribution in [2.24, 2.45) is 0 Å². The summed E-state index contributed by atoms with van der Waals surface area (Å²) in [4.78, 5) is 21.6. The zero-order valence-electron chi connectivity index (χ0n) is 16.1. The molecule has 0 fully saturated rings. The predicted octanol–water partition coefficient (Wildman–Crippen LogP) is 1.48. The summed E-state index contributed by atoms with van der Waals surface area (Å²) in [6, 6.07) is 9.46. The Balaban J connectivity index is 1.79. The molecule has 0 atom stereocenters. The van der Waals surface area contributed by atoms with E-state index in [0.29, 0.717) is 18.7 Å². The van der Waals surface area contributed by atoms with Crippen LogP contribution in [0, 0.1) is 0 Å². The number of nitrogens with zero attached hydrogens (tertiary/aromatic N) is 5. The zero-order chi connectivity index (χ0) is 19.5. The first-order valence-electron chi connectivity index (χ1n) is 9.32. The lowest BCUT2D eigenvalue weighted by Gasteiger charge is -2.25. The van der Waals surface area contributed by atoms with Crippen molar-refractivity contribution in [3.63, 3.8) is 0 Å². The molecule has 1 aliphatic rings. The highest BCUT2D eigenvalue weighted by Crippen LogP contribution is 2.26. The molecule has 3 heterocycles. The third-order valence-electron chi connectivity index (χ3n) is 4.77. The second-order valence-corrected chi connectivity index (χ2v) is 7.04. The monoisotopic (exact) mass is 380 g/mol. The Kier molecular flexibility index (Phi) is 5.23. The number of fused-ring (bicyclic) bond motifs is 4. The number of carbonyl (C=O) groups excluding carboxylic acids is 1. The SMILES string of the molecule is CN(C)CCN1CCOCNC(=O)c2cccc(c2)-c2cnn3ccc1nc23. The molecule has 0 saturated heterocycles. The second-order valence-electron chi connectivity index (χ2n) is 7.04. The number of rotatable bonds is 3. The van der Waals surface area contributed by atoms with Crippen LogP contribution in [-0.2, 0) is 4.74 Å². The lowest BCUT2D eigenvalue weighted by atomic mass is 10.1. The average molecular weight is 380 g/mol. The van der Waals surface area contributed by atoms with Crippen LogP contribution in [0.25, 0.3) is 16.8 Å². The van der Waals surface area contributed by atoms with Crippen molar-refractivity contribution in [1.82, 2.24) is 24.8 Å². The van der Waals surface area contributed by atoms with Gasteiger partial charge in [0.25, 0.3) is 5.91 Å². The largest absolute Gasteiger partial charge is 0.359 e. The van der Waals surface area contributed by atoms with Gasteiger partial charge in [-0.1, -0.05) is 12.1 Å². The molecule has 8 heteroatoms. The van der Waals surface area contributed by atoms with E-state index in [1.54, 1.807) is 16.8 Å². The number of hydrogen-bond acceptors (Lipinski definition) is 6. The van der Waals surface area contributed by atoms with Crippen LogP contribution in [0.3, 0.4) is 0 Å². The van der Waals surface area contributed by atoms with Crippen LogP contribution >= 0.6 is 0 Å². The first-order chi connectivity index (χ1) is 13.6. The van der Waals surface area contributed by atoms with Crippen LogP contribution in [0.5, 0.6) is 0 Å². The Hall–Kier alpha value is -2.97. The molecule has 1 N–H and O–H groups in total.